The van der Waals surface area contributed by atoms with Crippen molar-refractivity contribution in [2.75, 3.05) is 0 Å². The van der Waals surface area contributed by atoms with E-state index in [1.807, 2.05) is 0 Å². The monoisotopic (exact) mass is 352 g/mol. The maximum Gasteiger partial charge on any atom is 0.430 e. The van der Waals surface area contributed by atoms with Gasteiger partial charge in [0.1, 0.15) is 0 Å². The number of alkyl halides is 12. The molecule has 0 amide bonds. The van der Waals surface area contributed by atoms with Crippen molar-refractivity contribution in [1.29, 1.82) is 0 Å². The molecule has 0 N–H and O–H groups in total. The Morgan fingerprint density at radius 2 is 0.810 bits per heavy atom. The van der Waals surface area contributed by atoms with Crippen LogP contribution in [0.5, 0.6) is 0 Å². The van der Waals surface area contributed by atoms with E-state index in [9.17, 15) is 52.7 Å². The fraction of sp³-hybridized carbons (Fsp3) is 1.00. The molecule has 0 heterocycles. The summed E-state index contributed by atoms with van der Waals surface area (Å²) in [7, 11) is 0. The van der Waals surface area contributed by atoms with Crippen LogP contribution in [0.25, 0.3) is 0 Å². The molecule has 0 saturated carbocycles. The van der Waals surface area contributed by atoms with Crippen molar-refractivity contribution in [3.63, 3.8) is 0 Å². The fourth-order valence-electron chi connectivity index (χ4n) is 0.632. The third kappa shape index (κ3) is 3.31. The van der Waals surface area contributed by atoms with Crippen LogP contribution in [-0.2, 0) is 4.74 Å². The molecule has 13 heteroatoms. The molecule has 0 saturated heterocycles. The van der Waals surface area contributed by atoms with E-state index in [2.05, 4.69) is 0 Å². The summed E-state index contributed by atoms with van der Waals surface area (Å²) >= 11 is 0. The molecule has 0 spiro atoms. The Hall–Kier alpha value is -0.880. The minimum atomic E-state index is -7.40. The largest absolute Gasteiger partial charge is 0.430 e. The molecular formula is C8H6F12O. The van der Waals surface area contributed by atoms with Gasteiger partial charge in [-0.1, -0.05) is 0 Å². The van der Waals surface area contributed by atoms with E-state index in [0.29, 0.717) is 0 Å². The third-order valence-electron chi connectivity index (χ3n) is 1.84. The normalized spacial score (nSPS) is 26.3. The molecule has 0 rings (SSSR count). The van der Waals surface area contributed by atoms with Crippen molar-refractivity contribution < 1.29 is 65.6 Å². The lowest BCUT2D eigenvalue weighted by Gasteiger charge is -2.37. The maximum atomic E-state index is 13.7. The molecular weight excluding hydrogens is 340 g/mol. The van der Waals surface area contributed by atoms with Crippen LogP contribution in [-0.4, -0.2) is 35.9 Å². The minimum absolute atomic E-state index is 1.68. The molecule has 1 nitrogen and oxygen atoms in total. The number of hydrogen-bond donors (Lipinski definition) is 0. The van der Waals surface area contributed by atoms with Gasteiger partial charge in [0.2, 0.25) is 0 Å². The van der Waals surface area contributed by atoms with Gasteiger partial charge in [0.05, 0.1) is 0 Å². The molecule has 2 unspecified atom stereocenters. The Labute approximate surface area is 117 Å². The maximum absolute atomic E-state index is 13.7. The average Bonchev–Trinajstić information content (AvgIpc) is 2.29. The van der Waals surface area contributed by atoms with E-state index < -0.39 is 49.6 Å². The number of rotatable bonds is 4. The predicted molar refractivity (Wildman–Crippen MR) is 42.1 cm³/mol. The van der Waals surface area contributed by atoms with Crippen LogP contribution in [0.4, 0.5) is 52.7 Å². The molecule has 0 aromatic rings. The zero-order valence-electron chi connectivity index (χ0n) is 14.9. The van der Waals surface area contributed by atoms with Crippen LogP contribution in [0.2, 0.25) is 0 Å². The molecule has 21 heavy (non-hydrogen) atoms. The summed E-state index contributed by atoms with van der Waals surface area (Å²) in [5, 5.41) is 0. The fourth-order valence-corrected chi connectivity index (χ4v) is 0.632. The summed E-state index contributed by atoms with van der Waals surface area (Å²) in [6, 6.07) is 0. The first-order valence-corrected chi connectivity index (χ1v) is 4.18. The van der Waals surface area contributed by atoms with Crippen LogP contribution >= 0.6 is 0 Å². The lowest BCUT2D eigenvalue weighted by atomic mass is 10.1. The summed E-state index contributed by atoms with van der Waals surface area (Å²) in [6.07, 6.45) is -29.3. The van der Waals surface area contributed by atoms with E-state index in [1.165, 1.54) is 0 Å². The zero-order chi connectivity index (χ0) is 22.7. The van der Waals surface area contributed by atoms with Crippen LogP contribution in [0.15, 0.2) is 0 Å². The molecule has 0 aromatic carbocycles. The molecule has 0 aliphatic carbocycles. The summed E-state index contributed by atoms with van der Waals surface area (Å²) in [6.45, 7) is -11.1. The Morgan fingerprint density at radius 1 is 0.571 bits per heavy atom. The highest BCUT2D eigenvalue weighted by atomic mass is 19.4. The first-order valence-electron chi connectivity index (χ1n) is 7.18. The van der Waals surface area contributed by atoms with Gasteiger partial charge in [0.15, 0.2) is 0 Å². The third-order valence-corrected chi connectivity index (χ3v) is 1.84. The van der Waals surface area contributed by atoms with Crippen molar-refractivity contribution in [2.24, 2.45) is 0 Å². The summed E-state index contributed by atoms with van der Waals surface area (Å²) in [5.74, 6) is 0. The van der Waals surface area contributed by atoms with Crippen molar-refractivity contribution in [3.05, 3.63) is 0 Å². The quantitative estimate of drug-likeness (QED) is 0.663. The van der Waals surface area contributed by atoms with Gasteiger partial charge in [-0.15, -0.1) is 0 Å². The van der Waals surface area contributed by atoms with E-state index in [1.54, 1.807) is 4.74 Å². The second-order valence-corrected chi connectivity index (χ2v) is 3.45. The van der Waals surface area contributed by atoms with Gasteiger partial charge in [-0.05, 0) is 13.7 Å². The Balaban J connectivity index is 6.60. The van der Waals surface area contributed by atoms with Gasteiger partial charge in [0, 0.05) is 8.22 Å². The molecule has 2 atom stereocenters. The first-order chi connectivity index (χ1) is 11.2. The van der Waals surface area contributed by atoms with Gasteiger partial charge in [-0.2, -0.15) is 43.9 Å². The van der Waals surface area contributed by atoms with E-state index in [4.69, 9.17) is 8.22 Å². The topological polar surface area (TPSA) is 9.23 Å². The highest BCUT2D eigenvalue weighted by Gasteiger charge is 2.77. The summed E-state index contributed by atoms with van der Waals surface area (Å²) in [4.78, 5) is 0. The molecule has 0 radical (unpaired) electrons. The second kappa shape index (κ2) is 4.81. The van der Waals surface area contributed by atoms with Gasteiger partial charge >= 0.3 is 24.6 Å². The Bertz CT molecular complexity index is 470. The van der Waals surface area contributed by atoms with E-state index >= 15 is 0 Å². The lowest BCUT2D eigenvalue weighted by Crippen LogP contribution is -2.62. The predicted octanol–water partition coefficient (Wildman–Crippen LogP) is 4.77. The second-order valence-electron chi connectivity index (χ2n) is 3.45. The lowest BCUT2D eigenvalue weighted by molar-refractivity contribution is -0.477. The number of hydrogen-bond acceptors (Lipinski definition) is 1. The molecule has 0 aromatic heterocycles. The van der Waals surface area contributed by atoms with Gasteiger partial charge in [0.25, 0.3) is 11.3 Å². The first kappa shape index (κ1) is 11.7. The van der Waals surface area contributed by atoms with Crippen molar-refractivity contribution >= 4 is 0 Å². The van der Waals surface area contributed by atoms with Crippen molar-refractivity contribution in [2.45, 2.75) is 49.6 Å². The van der Waals surface area contributed by atoms with Crippen LogP contribution in [0.1, 0.15) is 21.9 Å². The standard InChI is InChI=1S/C8H6F12O/c1-3(9,5(11,12)13)7(17,18)21-8(19,20)4(2,10)6(14,15)16/h1-2H3/i1D3,2D3. The molecule has 128 valence electrons. The van der Waals surface area contributed by atoms with Crippen molar-refractivity contribution in [1.82, 2.24) is 0 Å². The zero-order valence-corrected chi connectivity index (χ0v) is 8.94. The highest BCUT2D eigenvalue weighted by molar-refractivity contribution is 4.96. The van der Waals surface area contributed by atoms with Crippen LogP contribution in [0.3, 0.4) is 0 Å². The van der Waals surface area contributed by atoms with E-state index in [-0.39, 0.29) is 0 Å². The van der Waals surface area contributed by atoms with E-state index in [0.717, 1.165) is 0 Å². The van der Waals surface area contributed by atoms with Crippen LogP contribution < -0.4 is 0 Å². The highest BCUT2D eigenvalue weighted by Crippen LogP contribution is 2.52. The van der Waals surface area contributed by atoms with Crippen LogP contribution in [0, 0.1) is 0 Å². The van der Waals surface area contributed by atoms with Gasteiger partial charge in [-0.25, -0.2) is 13.5 Å². The van der Waals surface area contributed by atoms with Crippen molar-refractivity contribution in [3.8, 4) is 0 Å². The molecule has 0 fully saturated rings. The minimum Gasteiger partial charge on any atom is -0.250 e. The average molecular weight is 352 g/mol. The molecule has 0 aliphatic heterocycles. The summed E-state index contributed by atoms with van der Waals surface area (Å²) in [5.41, 5.74) is -14.1. The summed E-state index contributed by atoms with van der Waals surface area (Å²) < 4.78 is 194. The number of halogens is 12. The Kier molecular flexibility index (Phi) is 2.67. The Morgan fingerprint density at radius 3 is 0.952 bits per heavy atom. The SMILES string of the molecule is [2H]C([2H])([2H])C(F)(C(F)(F)F)C(F)(F)OC(F)(F)C(F)(C([2H])([2H])[2H])C(F)(F)F. The number of ether oxygens (including phenoxy) is 1. The molecule has 0 aliphatic rings. The molecule has 0 bridgehead atoms. The van der Waals surface area contributed by atoms with Gasteiger partial charge < -0.3 is 0 Å². The van der Waals surface area contributed by atoms with Gasteiger partial charge in [-0.3, -0.25) is 0 Å². The smallest absolute Gasteiger partial charge is 0.250 e.